The summed E-state index contributed by atoms with van der Waals surface area (Å²) in [5, 5.41) is 6.62. The molecule has 2 aliphatic heterocycles. The van der Waals surface area contributed by atoms with Crippen LogP contribution in [-0.4, -0.2) is 94.9 Å². The molecule has 8 rings (SSSR count). The largest absolute Gasteiger partial charge is 0.497 e. The molecule has 0 aliphatic carbocycles. The molecule has 0 spiro atoms. The lowest BCUT2D eigenvalue weighted by molar-refractivity contribution is 0.384. The quantitative estimate of drug-likeness (QED) is 0.140. The van der Waals surface area contributed by atoms with E-state index in [1.165, 1.54) is 0 Å². The molecule has 0 saturated carbocycles. The Bertz CT molecular complexity index is 2780. The van der Waals surface area contributed by atoms with Crippen molar-refractivity contribution in [2.45, 2.75) is 65.2 Å². The maximum atomic E-state index is 13.5. The molecule has 4 aromatic carbocycles. The lowest BCUT2D eigenvalue weighted by Gasteiger charge is -2.34. The molecule has 63 heavy (non-hydrogen) atoms. The molecule has 0 amide bonds. The predicted octanol–water partition coefficient (Wildman–Crippen LogP) is 9.77. The van der Waals surface area contributed by atoms with E-state index in [2.05, 4.69) is 21.9 Å². The summed E-state index contributed by atoms with van der Waals surface area (Å²) >= 11 is 9.15. The normalized spacial score (nSPS) is 15.3. The number of rotatable bonds is 9. The van der Waals surface area contributed by atoms with Crippen LogP contribution in [0, 0.1) is 55.4 Å². The third-order valence-corrected chi connectivity index (χ3v) is 18.7. The van der Waals surface area contributed by atoms with Crippen molar-refractivity contribution in [3.63, 3.8) is 0 Å². The fourth-order valence-electron chi connectivity index (χ4n) is 8.10. The van der Waals surface area contributed by atoms with E-state index < -0.39 is 20.0 Å². The molecule has 2 aliphatic rings. The standard InChI is InChI=1S/C24H29N3O3S2.C23H26ClN3O2S2/c1-16-14-17(2)19(4)23(18(16)3)32(28,29)27-12-10-26(11-13-27)24-25-22(15-31-24)20-6-8-21(30-5)9-7-20;1-15-13-16(2)18(4)22(17(15)3)31(28,29)27-11-9-26(10-12-27)23-25-21(14-30-23)19-5-7-20(24)8-6-19/h6-9,14-15H,10-13H2,1-5H3;5-8,13-14H,9-12H2,1-4H3. The summed E-state index contributed by atoms with van der Waals surface area (Å²) in [6.07, 6.45) is 0. The van der Waals surface area contributed by atoms with Crippen LogP contribution in [0.3, 0.4) is 0 Å². The van der Waals surface area contributed by atoms with E-state index >= 15 is 0 Å². The average Bonchev–Trinajstić information content (AvgIpc) is 3.98. The number of methoxy groups -OCH3 is 1. The summed E-state index contributed by atoms with van der Waals surface area (Å²) < 4.78 is 62.4. The second kappa shape index (κ2) is 19.0. The van der Waals surface area contributed by atoms with Crippen molar-refractivity contribution in [3.8, 4) is 28.3 Å². The smallest absolute Gasteiger partial charge is 0.243 e. The molecule has 334 valence electrons. The van der Waals surface area contributed by atoms with Crippen LogP contribution in [-0.2, 0) is 20.0 Å². The first-order valence-corrected chi connectivity index (χ1v) is 25.9. The van der Waals surface area contributed by atoms with Crippen LogP contribution in [0.25, 0.3) is 22.5 Å². The van der Waals surface area contributed by atoms with Crippen LogP contribution >= 0.6 is 34.3 Å². The van der Waals surface area contributed by atoms with Gasteiger partial charge in [-0.3, -0.25) is 0 Å². The van der Waals surface area contributed by atoms with Gasteiger partial charge < -0.3 is 14.5 Å². The summed E-state index contributed by atoms with van der Waals surface area (Å²) in [4.78, 5) is 14.8. The number of ether oxygens (including phenoxy) is 1. The van der Waals surface area contributed by atoms with Crippen LogP contribution in [0.5, 0.6) is 5.75 Å². The number of aryl methyl sites for hydroxylation is 4. The van der Waals surface area contributed by atoms with Gasteiger partial charge in [0.25, 0.3) is 0 Å². The van der Waals surface area contributed by atoms with Crippen molar-refractivity contribution in [1.82, 2.24) is 18.6 Å². The van der Waals surface area contributed by atoms with Gasteiger partial charge in [0, 0.05) is 79.3 Å². The minimum atomic E-state index is -3.54. The van der Waals surface area contributed by atoms with E-state index in [9.17, 15) is 16.8 Å². The van der Waals surface area contributed by atoms with Crippen molar-refractivity contribution in [2.75, 3.05) is 69.3 Å². The van der Waals surface area contributed by atoms with Crippen molar-refractivity contribution in [1.29, 1.82) is 0 Å². The maximum Gasteiger partial charge on any atom is 0.243 e. The van der Waals surface area contributed by atoms with Crippen LogP contribution < -0.4 is 14.5 Å². The van der Waals surface area contributed by atoms with Gasteiger partial charge in [-0.15, -0.1) is 22.7 Å². The molecule has 2 aromatic heterocycles. The predicted molar refractivity (Wildman–Crippen MR) is 259 cm³/mol. The number of halogens is 1. The summed E-state index contributed by atoms with van der Waals surface area (Å²) in [5.74, 6) is 0.816. The van der Waals surface area contributed by atoms with Crippen LogP contribution in [0.2, 0.25) is 5.02 Å². The molecule has 0 unspecified atom stereocenters. The molecule has 4 heterocycles. The lowest BCUT2D eigenvalue weighted by Crippen LogP contribution is -2.49. The van der Waals surface area contributed by atoms with E-state index in [4.69, 9.17) is 26.3 Å². The molecule has 6 aromatic rings. The molecular formula is C47H55ClN6O5S4. The van der Waals surface area contributed by atoms with Gasteiger partial charge in [-0.1, -0.05) is 35.9 Å². The van der Waals surface area contributed by atoms with Gasteiger partial charge >= 0.3 is 0 Å². The van der Waals surface area contributed by atoms with E-state index in [1.807, 2.05) is 115 Å². The number of hydrogen-bond donors (Lipinski definition) is 0. The van der Waals surface area contributed by atoms with E-state index in [0.29, 0.717) is 67.2 Å². The Morgan fingerprint density at radius 1 is 0.524 bits per heavy atom. The molecule has 2 saturated heterocycles. The van der Waals surface area contributed by atoms with Crippen molar-refractivity contribution >= 4 is 64.6 Å². The number of aromatic nitrogens is 2. The molecular weight excluding hydrogens is 892 g/mol. The van der Waals surface area contributed by atoms with Gasteiger partial charge in [-0.2, -0.15) is 8.61 Å². The highest BCUT2D eigenvalue weighted by Gasteiger charge is 2.34. The first-order valence-electron chi connectivity index (χ1n) is 20.9. The number of benzene rings is 4. The Balaban J connectivity index is 0.000000189. The fourth-order valence-corrected chi connectivity index (χ4v) is 14.0. The maximum absolute atomic E-state index is 13.5. The van der Waals surface area contributed by atoms with Gasteiger partial charge in [0.1, 0.15) is 5.75 Å². The zero-order valence-electron chi connectivity index (χ0n) is 37.3. The fraction of sp³-hybridized carbons (Fsp3) is 0.362. The third kappa shape index (κ3) is 9.70. The van der Waals surface area contributed by atoms with Crippen LogP contribution in [0.15, 0.2) is 81.2 Å². The van der Waals surface area contributed by atoms with E-state index in [-0.39, 0.29) is 0 Å². The number of sulfonamides is 2. The van der Waals surface area contributed by atoms with E-state index in [1.54, 1.807) is 38.4 Å². The van der Waals surface area contributed by atoms with Crippen molar-refractivity contribution < 1.29 is 21.6 Å². The van der Waals surface area contributed by atoms with Crippen molar-refractivity contribution in [3.05, 3.63) is 121 Å². The Hall–Kier alpha value is -4.35. The number of hydrogen-bond acceptors (Lipinski definition) is 11. The number of thiazole rings is 2. The first kappa shape index (κ1) is 46.6. The van der Waals surface area contributed by atoms with E-state index in [0.717, 1.165) is 83.0 Å². The monoisotopic (exact) mass is 946 g/mol. The Labute approximate surface area is 386 Å². The number of piperazine rings is 2. The minimum absolute atomic E-state index is 0.448. The minimum Gasteiger partial charge on any atom is -0.497 e. The Morgan fingerprint density at radius 3 is 1.19 bits per heavy atom. The Kier molecular flexibility index (Phi) is 14.1. The molecule has 0 radical (unpaired) electrons. The molecule has 11 nitrogen and oxygen atoms in total. The SMILES string of the molecule is COc1ccc(-c2csc(N3CCN(S(=O)(=O)c4c(C)c(C)cc(C)c4C)CC3)n2)cc1.Cc1cc(C)c(C)c(S(=O)(=O)N2CCN(c3nc(-c4ccc(Cl)cc4)cs3)CC2)c1C. The number of anilines is 2. The lowest BCUT2D eigenvalue weighted by atomic mass is 10.0. The van der Waals surface area contributed by atoms with Gasteiger partial charge in [-0.05, 0) is 136 Å². The van der Waals surface area contributed by atoms with Crippen molar-refractivity contribution in [2.24, 2.45) is 0 Å². The highest BCUT2D eigenvalue weighted by molar-refractivity contribution is 7.89. The average molecular weight is 948 g/mol. The highest BCUT2D eigenvalue weighted by Crippen LogP contribution is 2.34. The van der Waals surface area contributed by atoms with Gasteiger partial charge in [0.2, 0.25) is 20.0 Å². The highest BCUT2D eigenvalue weighted by atomic mass is 35.5. The second-order valence-corrected chi connectivity index (χ2v) is 22.1. The first-order chi connectivity index (χ1) is 29.9. The summed E-state index contributed by atoms with van der Waals surface area (Å²) in [6, 6.07) is 19.6. The van der Waals surface area contributed by atoms with Gasteiger partial charge in [-0.25, -0.2) is 26.8 Å². The molecule has 16 heteroatoms. The van der Waals surface area contributed by atoms with Crippen LogP contribution in [0.4, 0.5) is 10.3 Å². The molecule has 0 N–H and O–H groups in total. The second-order valence-electron chi connectivity index (χ2n) is 16.2. The Morgan fingerprint density at radius 2 is 0.857 bits per heavy atom. The third-order valence-electron chi connectivity index (χ3n) is 12.3. The van der Waals surface area contributed by atoms with Gasteiger partial charge in [0.05, 0.1) is 28.3 Å². The zero-order chi connectivity index (χ0) is 45.4. The topological polar surface area (TPSA) is 116 Å². The summed E-state index contributed by atoms with van der Waals surface area (Å²) in [6.45, 7) is 19.8. The summed E-state index contributed by atoms with van der Waals surface area (Å²) in [7, 11) is -5.43. The van der Waals surface area contributed by atoms with Crippen LogP contribution in [0.1, 0.15) is 44.5 Å². The zero-order valence-corrected chi connectivity index (χ0v) is 41.3. The summed E-state index contributed by atoms with van der Waals surface area (Å²) in [5.41, 5.74) is 11.3. The molecule has 0 bridgehead atoms. The number of nitrogens with zero attached hydrogens (tertiary/aromatic N) is 6. The molecule has 2 fully saturated rings. The molecule has 0 atom stereocenters. The van der Waals surface area contributed by atoms with Gasteiger partial charge in [0.15, 0.2) is 10.3 Å².